The summed E-state index contributed by atoms with van der Waals surface area (Å²) in [6, 6.07) is 0. The molecule has 416 valence electrons. The monoisotopic (exact) mass is 1030 g/mol. The molecule has 0 saturated carbocycles. The van der Waals surface area contributed by atoms with E-state index in [2.05, 4.69) is 98.9 Å². The van der Waals surface area contributed by atoms with Gasteiger partial charge < -0.3 is 18.9 Å². The van der Waals surface area contributed by atoms with Crippen LogP contribution in [0.15, 0.2) is 85.1 Å². The summed E-state index contributed by atoms with van der Waals surface area (Å²) in [6.45, 7) is 4.29. The van der Waals surface area contributed by atoms with Gasteiger partial charge >= 0.3 is 19.8 Å². The Bertz CT molecular complexity index is 1490. The maximum atomic E-state index is 12.8. The molecule has 0 aromatic rings. The lowest BCUT2D eigenvalue weighted by Crippen LogP contribution is -2.37. The molecule has 0 rings (SSSR count). The summed E-state index contributed by atoms with van der Waals surface area (Å²) in [4.78, 5) is 35.7. The average molecular weight is 1030 g/mol. The fraction of sp³-hybridized carbons (Fsp3) is 0.742. The predicted octanol–water partition coefficient (Wildman–Crippen LogP) is 18.3. The third-order valence-electron chi connectivity index (χ3n) is 12.4. The largest absolute Gasteiger partial charge is 0.472 e. The van der Waals surface area contributed by atoms with Crippen LogP contribution in [0.2, 0.25) is 0 Å². The van der Waals surface area contributed by atoms with E-state index in [1.54, 1.807) is 0 Å². The van der Waals surface area contributed by atoms with Crippen molar-refractivity contribution in [3.63, 3.8) is 0 Å². The van der Waals surface area contributed by atoms with Crippen LogP contribution >= 0.6 is 7.82 Å². The highest BCUT2D eigenvalue weighted by molar-refractivity contribution is 7.47. The zero-order valence-electron chi connectivity index (χ0n) is 47.1. The number of nitrogens with zero attached hydrogens (tertiary/aromatic N) is 1. The van der Waals surface area contributed by atoms with Gasteiger partial charge in [0.2, 0.25) is 0 Å². The molecular formula is C62H111NO8P+. The second-order valence-electron chi connectivity index (χ2n) is 20.6. The molecule has 72 heavy (non-hydrogen) atoms. The first-order chi connectivity index (χ1) is 35.0. The molecule has 9 nitrogen and oxygen atoms in total. The van der Waals surface area contributed by atoms with Gasteiger partial charge in [0.05, 0.1) is 27.7 Å². The highest BCUT2D eigenvalue weighted by Crippen LogP contribution is 2.43. The number of likely N-dealkylation sites (N-methyl/N-ethyl adjacent to an activating group) is 1. The fourth-order valence-electron chi connectivity index (χ4n) is 7.90. The van der Waals surface area contributed by atoms with Crippen molar-refractivity contribution in [1.82, 2.24) is 0 Å². The minimum Gasteiger partial charge on any atom is -0.462 e. The Labute approximate surface area is 443 Å². The summed E-state index contributed by atoms with van der Waals surface area (Å²) < 4.78 is 34.6. The van der Waals surface area contributed by atoms with Gasteiger partial charge in [0.1, 0.15) is 19.8 Å². The van der Waals surface area contributed by atoms with Crippen LogP contribution < -0.4 is 0 Å². The molecule has 0 radical (unpaired) electrons. The number of ether oxygens (including phenoxy) is 2. The van der Waals surface area contributed by atoms with E-state index < -0.39 is 26.5 Å². The number of hydrogen-bond acceptors (Lipinski definition) is 7. The van der Waals surface area contributed by atoms with Gasteiger partial charge in [-0.2, -0.15) is 0 Å². The van der Waals surface area contributed by atoms with E-state index in [0.29, 0.717) is 17.4 Å². The normalized spacial score (nSPS) is 13.9. The van der Waals surface area contributed by atoms with E-state index in [1.165, 1.54) is 122 Å². The van der Waals surface area contributed by atoms with E-state index in [1.807, 2.05) is 21.1 Å². The molecule has 0 aromatic carbocycles. The highest BCUT2D eigenvalue weighted by atomic mass is 31.2. The number of rotatable bonds is 53. The fourth-order valence-corrected chi connectivity index (χ4v) is 8.64. The quantitative estimate of drug-likeness (QED) is 0.0211. The van der Waals surface area contributed by atoms with Crippen LogP contribution in [0.5, 0.6) is 0 Å². The van der Waals surface area contributed by atoms with E-state index in [9.17, 15) is 19.0 Å². The van der Waals surface area contributed by atoms with Crippen molar-refractivity contribution in [2.75, 3.05) is 47.5 Å². The zero-order valence-corrected chi connectivity index (χ0v) is 48.0. The molecule has 0 aromatic heterocycles. The maximum absolute atomic E-state index is 12.8. The Morgan fingerprint density at radius 2 is 0.792 bits per heavy atom. The smallest absolute Gasteiger partial charge is 0.462 e. The van der Waals surface area contributed by atoms with Gasteiger partial charge in [0.25, 0.3) is 0 Å². The minimum absolute atomic E-state index is 0.0279. The van der Waals surface area contributed by atoms with Gasteiger partial charge in [-0.15, -0.1) is 0 Å². The van der Waals surface area contributed by atoms with Gasteiger partial charge in [-0.25, -0.2) is 4.57 Å². The van der Waals surface area contributed by atoms with Crippen LogP contribution in [0.3, 0.4) is 0 Å². The molecule has 0 aliphatic rings. The number of carbonyl (C=O) groups is 2. The van der Waals surface area contributed by atoms with Crippen LogP contribution in [-0.4, -0.2) is 74.9 Å². The molecule has 0 spiro atoms. The van der Waals surface area contributed by atoms with E-state index in [4.69, 9.17) is 18.5 Å². The van der Waals surface area contributed by atoms with Crippen molar-refractivity contribution in [3.8, 4) is 0 Å². The molecule has 0 aliphatic carbocycles. The van der Waals surface area contributed by atoms with Gasteiger partial charge in [-0.05, 0) is 89.9 Å². The Balaban J connectivity index is 4.11. The molecule has 0 fully saturated rings. The number of phosphoric acid groups is 1. The van der Waals surface area contributed by atoms with Crippen molar-refractivity contribution in [1.29, 1.82) is 0 Å². The van der Waals surface area contributed by atoms with Crippen LogP contribution in [0.25, 0.3) is 0 Å². The number of quaternary nitrogens is 1. The lowest BCUT2D eigenvalue weighted by atomic mass is 10.0. The third-order valence-corrected chi connectivity index (χ3v) is 13.4. The maximum Gasteiger partial charge on any atom is 0.472 e. The van der Waals surface area contributed by atoms with Crippen molar-refractivity contribution in [3.05, 3.63) is 85.1 Å². The SMILES string of the molecule is CC/C=C\C/C=C\C/C=C\C/C=C\C/C=C\CCCCCCCCCCCCCCCCCC(=O)OC(COC(=O)CCCCCCCCC/C=C\C/C=C\CCCCC)COP(=O)(O)OCC[N+](C)(C)C. The molecule has 0 amide bonds. The zero-order chi connectivity index (χ0) is 52.7. The highest BCUT2D eigenvalue weighted by Gasteiger charge is 2.27. The molecule has 2 unspecified atom stereocenters. The topological polar surface area (TPSA) is 108 Å². The Hall–Kier alpha value is -2.81. The van der Waals surface area contributed by atoms with Crippen molar-refractivity contribution in [2.45, 2.75) is 251 Å². The first-order valence-electron chi connectivity index (χ1n) is 29.3. The Morgan fingerprint density at radius 1 is 0.444 bits per heavy atom. The van der Waals surface area contributed by atoms with Crippen molar-refractivity contribution in [2.24, 2.45) is 0 Å². The van der Waals surface area contributed by atoms with Gasteiger partial charge in [-0.1, -0.05) is 227 Å². The van der Waals surface area contributed by atoms with Crippen LogP contribution in [-0.2, 0) is 32.7 Å². The summed E-state index contributed by atoms with van der Waals surface area (Å²) in [5, 5.41) is 0. The molecule has 0 saturated heterocycles. The molecule has 0 heterocycles. The van der Waals surface area contributed by atoms with Crippen LogP contribution in [0.1, 0.15) is 245 Å². The van der Waals surface area contributed by atoms with Crippen LogP contribution in [0, 0.1) is 0 Å². The average Bonchev–Trinajstić information content (AvgIpc) is 3.34. The minimum atomic E-state index is -4.39. The molecule has 1 N–H and O–H groups in total. The summed E-state index contributed by atoms with van der Waals surface area (Å²) in [5.74, 6) is -0.805. The summed E-state index contributed by atoms with van der Waals surface area (Å²) in [5.41, 5.74) is 0. The van der Waals surface area contributed by atoms with Crippen molar-refractivity contribution < 1.29 is 42.1 Å². The molecule has 0 bridgehead atoms. The van der Waals surface area contributed by atoms with E-state index in [-0.39, 0.29) is 32.0 Å². The number of hydrogen-bond donors (Lipinski definition) is 1. The molecule has 0 aliphatic heterocycles. The second-order valence-corrected chi connectivity index (χ2v) is 22.1. The lowest BCUT2D eigenvalue weighted by molar-refractivity contribution is -0.870. The number of carbonyl (C=O) groups excluding carboxylic acids is 2. The Kier molecular flexibility index (Phi) is 51.0. The van der Waals surface area contributed by atoms with E-state index >= 15 is 0 Å². The number of unbranched alkanes of at least 4 members (excludes halogenated alkanes) is 25. The van der Waals surface area contributed by atoms with Crippen molar-refractivity contribution >= 4 is 19.8 Å². The van der Waals surface area contributed by atoms with Gasteiger partial charge in [0.15, 0.2) is 6.10 Å². The molecule has 10 heteroatoms. The predicted molar refractivity (Wildman–Crippen MR) is 307 cm³/mol. The summed E-state index contributed by atoms with van der Waals surface area (Å²) in [6.07, 6.45) is 70.8. The number of allylic oxidation sites excluding steroid dienone is 14. The van der Waals surface area contributed by atoms with Gasteiger partial charge in [0, 0.05) is 12.8 Å². The number of phosphoric ester groups is 1. The van der Waals surface area contributed by atoms with Gasteiger partial charge in [-0.3, -0.25) is 18.6 Å². The standard InChI is InChI=1S/C62H110NO8P/c1-6-8-10-12-14-16-18-20-22-24-25-26-27-28-29-30-31-32-33-34-35-36-37-39-41-43-45-47-49-51-53-55-62(65)71-60(59-70-72(66,67)69-57-56-63(3,4)5)58-68-61(64)54-52-50-48-46-44-42-40-38-23-21-19-17-15-13-11-9-7-2/h8,10,14-17,20-23,25-26,28-29,60H,6-7,9,11-13,18-19,24,27,30-59H2,1-5H3/p+1/b10-8-,16-14-,17-15-,22-20-,23-21-,26-25-,29-28-. The molecule has 2 atom stereocenters. The summed E-state index contributed by atoms with van der Waals surface area (Å²) >= 11 is 0. The first-order valence-corrected chi connectivity index (χ1v) is 30.8. The first kappa shape index (κ1) is 69.2. The lowest BCUT2D eigenvalue weighted by Gasteiger charge is -2.24. The second kappa shape index (κ2) is 53.0. The number of esters is 2. The van der Waals surface area contributed by atoms with E-state index in [0.717, 1.165) is 89.9 Å². The molecular weight excluding hydrogens is 918 g/mol. The summed E-state index contributed by atoms with van der Waals surface area (Å²) in [7, 11) is 1.47. The van der Waals surface area contributed by atoms with Crippen LogP contribution in [0.4, 0.5) is 0 Å². The Morgan fingerprint density at radius 3 is 1.18 bits per heavy atom. The third kappa shape index (κ3) is 56.5.